The topological polar surface area (TPSA) is 127 Å². The van der Waals surface area contributed by atoms with E-state index in [9.17, 15) is 14.9 Å². The number of carboxylic acids is 1. The Morgan fingerprint density at radius 1 is 1.60 bits per heavy atom. The maximum atomic E-state index is 11.0. The molecule has 0 saturated carbocycles. The maximum absolute atomic E-state index is 11.0. The van der Waals surface area contributed by atoms with Crippen LogP contribution in [0.25, 0.3) is 0 Å². The molecule has 110 valence electrons. The predicted octanol–water partition coefficient (Wildman–Crippen LogP) is 1.31. The number of hydrogen-bond acceptors (Lipinski definition) is 7. The highest BCUT2D eigenvalue weighted by Crippen LogP contribution is 2.30. The van der Waals surface area contributed by atoms with Crippen molar-refractivity contribution in [3.63, 3.8) is 0 Å². The van der Waals surface area contributed by atoms with Crippen LogP contribution >= 0.6 is 0 Å². The van der Waals surface area contributed by atoms with E-state index in [1.165, 1.54) is 7.11 Å². The lowest BCUT2D eigenvalue weighted by Gasteiger charge is -2.09. The number of nitrogens with one attached hydrogen (secondary N) is 1. The zero-order valence-electron chi connectivity index (χ0n) is 11.2. The summed E-state index contributed by atoms with van der Waals surface area (Å²) in [5.74, 6) is -1.37. The third-order valence-electron chi connectivity index (χ3n) is 2.69. The van der Waals surface area contributed by atoms with Crippen molar-refractivity contribution in [2.24, 2.45) is 5.92 Å². The molecule has 0 spiro atoms. The van der Waals surface area contributed by atoms with E-state index in [1.807, 2.05) is 0 Å². The standard InChI is InChI=1S/C11H16N4O5/c1-7(11(16)17)4-3-5-12-9-8(15(18)19)10(20-2)14-6-13-9/h6-7H,3-5H2,1-2H3,(H,16,17)(H,12,13,14). The van der Waals surface area contributed by atoms with Gasteiger partial charge in [0, 0.05) is 6.54 Å². The molecule has 2 N–H and O–H groups in total. The fraction of sp³-hybridized carbons (Fsp3) is 0.545. The van der Waals surface area contributed by atoms with Gasteiger partial charge in [0.25, 0.3) is 5.88 Å². The lowest BCUT2D eigenvalue weighted by atomic mass is 10.1. The van der Waals surface area contributed by atoms with Crippen molar-refractivity contribution in [2.75, 3.05) is 19.0 Å². The first kappa shape index (κ1) is 15.6. The largest absolute Gasteiger partial charge is 0.481 e. The summed E-state index contributed by atoms with van der Waals surface area (Å²) in [5.41, 5.74) is -0.332. The van der Waals surface area contributed by atoms with E-state index in [4.69, 9.17) is 9.84 Å². The van der Waals surface area contributed by atoms with Crippen molar-refractivity contribution in [1.82, 2.24) is 9.97 Å². The fourth-order valence-electron chi connectivity index (χ4n) is 1.54. The van der Waals surface area contributed by atoms with E-state index in [0.29, 0.717) is 19.4 Å². The van der Waals surface area contributed by atoms with Crippen LogP contribution in [0.15, 0.2) is 6.33 Å². The second kappa shape index (κ2) is 7.22. The van der Waals surface area contributed by atoms with Crippen molar-refractivity contribution >= 4 is 17.5 Å². The first-order valence-corrected chi connectivity index (χ1v) is 5.97. The highest BCUT2D eigenvalue weighted by Gasteiger charge is 2.23. The normalized spacial score (nSPS) is 11.7. The van der Waals surface area contributed by atoms with E-state index >= 15 is 0 Å². The first-order valence-electron chi connectivity index (χ1n) is 5.97. The predicted molar refractivity (Wildman–Crippen MR) is 69.8 cm³/mol. The number of hydrogen-bond donors (Lipinski definition) is 2. The number of nitrogens with zero attached hydrogens (tertiary/aromatic N) is 3. The smallest absolute Gasteiger partial charge is 0.372 e. The summed E-state index contributed by atoms with van der Waals surface area (Å²) in [4.78, 5) is 28.4. The fourth-order valence-corrected chi connectivity index (χ4v) is 1.54. The minimum Gasteiger partial charge on any atom is -0.481 e. The average molecular weight is 284 g/mol. The quantitative estimate of drug-likeness (QED) is 0.415. The highest BCUT2D eigenvalue weighted by molar-refractivity contribution is 5.69. The zero-order valence-corrected chi connectivity index (χ0v) is 11.2. The Morgan fingerprint density at radius 3 is 2.85 bits per heavy atom. The average Bonchev–Trinajstić information content (AvgIpc) is 2.42. The number of nitro groups is 1. The van der Waals surface area contributed by atoms with Crippen LogP contribution in [0.2, 0.25) is 0 Å². The van der Waals surface area contributed by atoms with E-state index < -0.39 is 16.8 Å². The van der Waals surface area contributed by atoms with Crippen LogP contribution in [0.1, 0.15) is 19.8 Å². The number of methoxy groups -OCH3 is 1. The summed E-state index contributed by atoms with van der Waals surface area (Å²) >= 11 is 0. The second-order valence-electron chi connectivity index (χ2n) is 4.15. The molecule has 0 aromatic carbocycles. The molecule has 9 nitrogen and oxygen atoms in total. The van der Waals surface area contributed by atoms with Crippen LogP contribution in [0.5, 0.6) is 5.88 Å². The van der Waals surface area contributed by atoms with Gasteiger partial charge in [-0.3, -0.25) is 14.9 Å². The van der Waals surface area contributed by atoms with Gasteiger partial charge in [0.1, 0.15) is 6.33 Å². The monoisotopic (exact) mass is 284 g/mol. The van der Waals surface area contributed by atoms with Crippen molar-refractivity contribution < 1.29 is 19.6 Å². The van der Waals surface area contributed by atoms with Crippen molar-refractivity contribution in [3.05, 3.63) is 16.4 Å². The van der Waals surface area contributed by atoms with E-state index in [-0.39, 0.29) is 17.4 Å². The molecular weight excluding hydrogens is 268 g/mol. The molecule has 0 aliphatic carbocycles. The Bertz CT molecular complexity index is 494. The number of aromatic nitrogens is 2. The number of ether oxygens (including phenoxy) is 1. The molecular formula is C11H16N4O5. The molecule has 1 unspecified atom stereocenters. The molecule has 1 heterocycles. The lowest BCUT2D eigenvalue weighted by molar-refractivity contribution is -0.385. The Labute approximate surface area is 115 Å². The van der Waals surface area contributed by atoms with Gasteiger partial charge in [-0.15, -0.1) is 0 Å². The molecule has 0 bridgehead atoms. The van der Waals surface area contributed by atoms with Gasteiger partial charge < -0.3 is 15.2 Å². The summed E-state index contributed by atoms with van der Waals surface area (Å²) < 4.78 is 4.81. The molecule has 0 radical (unpaired) electrons. The molecule has 0 fully saturated rings. The lowest BCUT2D eigenvalue weighted by Crippen LogP contribution is -2.13. The Balaban J connectivity index is 2.64. The van der Waals surface area contributed by atoms with Crippen LogP contribution in [0.3, 0.4) is 0 Å². The van der Waals surface area contributed by atoms with E-state index in [1.54, 1.807) is 6.92 Å². The SMILES string of the molecule is COc1ncnc(NCCCC(C)C(=O)O)c1[N+](=O)[O-]. The Morgan fingerprint density at radius 2 is 2.30 bits per heavy atom. The van der Waals surface area contributed by atoms with Crippen molar-refractivity contribution in [2.45, 2.75) is 19.8 Å². The minimum atomic E-state index is -0.861. The van der Waals surface area contributed by atoms with Gasteiger partial charge in [-0.1, -0.05) is 6.92 Å². The number of aliphatic carboxylic acids is 1. The van der Waals surface area contributed by atoms with Crippen LogP contribution in [0.4, 0.5) is 11.5 Å². The first-order chi connectivity index (χ1) is 9.47. The summed E-state index contributed by atoms with van der Waals surface area (Å²) in [7, 11) is 1.29. The van der Waals surface area contributed by atoms with Gasteiger partial charge in [-0.05, 0) is 12.8 Å². The van der Waals surface area contributed by atoms with Crippen LogP contribution in [0, 0.1) is 16.0 Å². The summed E-state index contributed by atoms with van der Waals surface area (Å²) in [6, 6.07) is 0. The second-order valence-corrected chi connectivity index (χ2v) is 4.15. The Kier molecular flexibility index (Phi) is 5.63. The van der Waals surface area contributed by atoms with Gasteiger partial charge >= 0.3 is 11.7 Å². The zero-order chi connectivity index (χ0) is 15.1. The molecule has 1 atom stereocenters. The summed E-state index contributed by atoms with van der Waals surface area (Å²) in [6.07, 6.45) is 2.18. The summed E-state index contributed by atoms with van der Waals surface area (Å²) in [5, 5.41) is 22.5. The number of anilines is 1. The molecule has 9 heteroatoms. The number of carboxylic acid groups (broad SMARTS) is 1. The minimum absolute atomic E-state index is 0.0600. The van der Waals surface area contributed by atoms with Crippen LogP contribution in [-0.2, 0) is 4.79 Å². The van der Waals surface area contributed by atoms with Gasteiger partial charge in [-0.2, -0.15) is 4.98 Å². The van der Waals surface area contributed by atoms with E-state index in [0.717, 1.165) is 6.33 Å². The van der Waals surface area contributed by atoms with Gasteiger partial charge in [0.05, 0.1) is 18.0 Å². The molecule has 1 aromatic rings. The Hall–Kier alpha value is -2.45. The molecule has 0 aliphatic heterocycles. The highest BCUT2D eigenvalue weighted by atomic mass is 16.6. The van der Waals surface area contributed by atoms with Crippen LogP contribution in [-0.4, -0.2) is 39.6 Å². The molecule has 0 aliphatic rings. The third kappa shape index (κ3) is 4.04. The van der Waals surface area contributed by atoms with Crippen LogP contribution < -0.4 is 10.1 Å². The van der Waals surface area contributed by atoms with Crippen molar-refractivity contribution in [1.29, 1.82) is 0 Å². The molecule has 1 rings (SSSR count). The molecule has 0 saturated heterocycles. The molecule has 1 aromatic heterocycles. The molecule has 20 heavy (non-hydrogen) atoms. The third-order valence-corrected chi connectivity index (χ3v) is 2.69. The van der Waals surface area contributed by atoms with Gasteiger partial charge in [0.2, 0.25) is 5.82 Å². The van der Waals surface area contributed by atoms with Gasteiger partial charge in [0.15, 0.2) is 0 Å². The maximum Gasteiger partial charge on any atom is 0.372 e. The summed E-state index contributed by atoms with van der Waals surface area (Å²) in [6.45, 7) is 1.98. The number of carbonyl (C=O) groups is 1. The van der Waals surface area contributed by atoms with E-state index in [2.05, 4.69) is 15.3 Å². The number of rotatable bonds is 8. The van der Waals surface area contributed by atoms with Gasteiger partial charge in [-0.25, -0.2) is 4.98 Å². The molecule has 0 amide bonds. The van der Waals surface area contributed by atoms with Crippen molar-refractivity contribution in [3.8, 4) is 5.88 Å².